The lowest BCUT2D eigenvalue weighted by atomic mass is 10.1. The Morgan fingerprint density at radius 3 is 2.43 bits per heavy atom. The molecule has 0 aromatic heterocycles. The number of anilines is 1. The molecule has 3 rings (SSSR count). The number of nitrogens with one attached hydrogen (secondary N) is 1. The van der Waals surface area contributed by atoms with E-state index in [2.05, 4.69) is 5.32 Å². The molecule has 148 valence electrons. The molecular formula is C21H24FN3O3. The van der Waals surface area contributed by atoms with Crippen LogP contribution in [-0.2, 0) is 16.0 Å². The highest BCUT2D eigenvalue weighted by Crippen LogP contribution is 2.20. The monoisotopic (exact) mass is 385 g/mol. The number of para-hydroxylation sites is 2. The molecule has 0 atom stereocenters. The third-order valence-corrected chi connectivity index (χ3v) is 4.83. The number of hydrogen-bond donors (Lipinski definition) is 1. The van der Waals surface area contributed by atoms with Crippen molar-refractivity contribution in [2.75, 3.05) is 44.7 Å². The Kier molecular flexibility index (Phi) is 6.47. The molecule has 2 aromatic rings. The van der Waals surface area contributed by atoms with Crippen LogP contribution in [0, 0.1) is 5.82 Å². The first-order valence-electron chi connectivity index (χ1n) is 9.28. The lowest BCUT2D eigenvalue weighted by Crippen LogP contribution is -2.53. The molecule has 2 aromatic carbocycles. The predicted molar refractivity (Wildman–Crippen MR) is 105 cm³/mol. The Morgan fingerprint density at radius 1 is 1.04 bits per heavy atom. The van der Waals surface area contributed by atoms with Gasteiger partial charge in [0.1, 0.15) is 11.6 Å². The van der Waals surface area contributed by atoms with Crippen LogP contribution >= 0.6 is 0 Å². The Bertz CT molecular complexity index is 835. The summed E-state index contributed by atoms with van der Waals surface area (Å²) in [5.41, 5.74) is 1.49. The molecule has 1 aliphatic heterocycles. The van der Waals surface area contributed by atoms with Gasteiger partial charge in [0.25, 0.3) is 0 Å². The number of methoxy groups -OCH3 is 1. The zero-order valence-corrected chi connectivity index (χ0v) is 15.9. The summed E-state index contributed by atoms with van der Waals surface area (Å²) < 4.78 is 19.2. The van der Waals surface area contributed by atoms with Crippen LogP contribution in [0.2, 0.25) is 0 Å². The summed E-state index contributed by atoms with van der Waals surface area (Å²) in [6.07, 6.45) is 0.574. The molecule has 0 unspecified atom stereocenters. The van der Waals surface area contributed by atoms with Crippen LogP contribution in [0.1, 0.15) is 5.56 Å². The number of halogens is 1. The smallest absolute Gasteiger partial charge is 0.312 e. The van der Waals surface area contributed by atoms with Gasteiger partial charge in [0.05, 0.1) is 12.8 Å². The fraction of sp³-hybridized carbons (Fsp3) is 0.333. The van der Waals surface area contributed by atoms with Crippen molar-refractivity contribution in [2.24, 2.45) is 0 Å². The fourth-order valence-corrected chi connectivity index (χ4v) is 3.30. The van der Waals surface area contributed by atoms with E-state index in [9.17, 15) is 14.0 Å². The van der Waals surface area contributed by atoms with E-state index in [0.717, 1.165) is 11.3 Å². The highest BCUT2D eigenvalue weighted by atomic mass is 19.1. The Hall–Kier alpha value is -3.09. The lowest BCUT2D eigenvalue weighted by Gasteiger charge is -2.35. The average molecular weight is 385 g/mol. The van der Waals surface area contributed by atoms with Crippen LogP contribution < -0.4 is 15.0 Å². The van der Waals surface area contributed by atoms with Gasteiger partial charge in [-0.3, -0.25) is 9.59 Å². The maximum Gasteiger partial charge on any atom is 0.312 e. The van der Waals surface area contributed by atoms with Gasteiger partial charge in [-0.2, -0.15) is 0 Å². The molecule has 0 radical (unpaired) electrons. The van der Waals surface area contributed by atoms with Crippen LogP contribution in [0.4, 0.5) is 10.1 Å². The molecule has 1 aliphatic rings. The number of amides is 2. The van der Waals surface area contributed by atoms with E-state index in [4.69, 9.17) is 4.74 Å². The topological polar surface area (TPSA) is 61.9 Å². The summed E-state index contributed by atoms with van der Waals surface area (Å²) in [5, 5.41) is 2.67. The number of carbonyl (C=O) groups excluding carboxylic acids is 2. The van der Waals surface area contributed by atoms with Crippen molar-refractivity contribution in [2.45, 2.75) is 6.42 Å². The molecule has 0 saturated carbocycles. The summed E-state index contributed by atoms with van der Waals surface area (Å²) in [6, 6.07) is 14.1. The van der Waals surface area contributed by atoms with Gasteiger partial charge in [-0.15, -0.1) is 0 Å². The quantitative estimate of drug-likeness (QED) is 0.798. The molecule has 0 aliphatic carbocycles. The van der Waals surface area contributed by atoms with Crippen LogP contribution in [0.5, 0.6) is 5.75 Å². The number of carbonyl (C=O) groups is 2. The van der Waals surface area contributed by atoms with Crippen molar-refractivity contribution < 1.29 is 18.7 Å². The van der Waals surface area contributed by atoms with E-state index in [0.29, 0.717) is 44.8 Å². The van der Waals surface area contributed by atoms with Gasteiger partial charge in [-0.05, 0) is 30.2 Å². The molecule has 1 heterocycles. The van der Waals surface area contributed by atoms with Crippen molar-refractivity contribution >= 4 is 17.5 Å². The number of benzene rings is 2. The number of nitrogens with zero attached hydrogens (tertiary/aromatic N) is 2. The van der Waals surface area contributed by atoms with Crippen LogP contribution in [0.25, 0.3) is 0 Å². The number of rotatable bonds is 5. The summed E-state index contributed by atoms with van der Waals surface area (Å²) in [4.78, 5) is 28.0. The maximum atomic E-state index is 13.9. The third kappa shape index (κ3) is 4.60. The average Bonchev–Trinajstić information content (AvgIpc) is 2.74. The van der Waals surface area contributed by atoms with Crippen molar-refractivity contribution in [3.05, 3.63) is 59.9 Å². The molecule has 2 amide bonds. The number of ether oxygens (including phenoxy) is 1. The Morgan fingerprint density at radius 2 is 1.71 bits per heavy atom. The molecule has 0 spiro atoms. The van der Waals surface area contributed by atoms with Crippen LogP contribution in [-0.4, -0.2) is 56.5 Å². The third-order valence-electron chi connectivity index (χ3n) is 4.83. The molecule has 1 saturated heterocycles. The standard InChI is InChI=1S/C21H24FN3O3/c1-28-19-9-5-2-6-16(19)10-11-23-20(26)21(27)25-14-12-24(13-15-25)18-8-4-3-7-17(18)22/h2-9H,10-15H2,1H3,(H,23,26). The first-order chi connectivity index (χ1) is 13.6. The second kappa shape index (κ2) is 9.21. The molecule has 7 heteroatoms. The first-order valence-corrected chi connectivity index (χ1v) is 9.28. The van der Waals surface area contributed by atoms with Gasteiger partial charge in [0, 0.05) is 32.7 Å². The first kappa shape index (κ1) is 19.7. The molecule has 0 bridgehead atoms. The summed E-state index contributed by atoms with van der Waals surface area (Å²) >= 11 is 0. The largest absolute Gasteiger partial charge is 0.496 e. The summed E-state index contributed by atoms with van der Waals surface area (Å²) in [7, 11) is 1.60. The lowest BCUT2D eigenvalue weighted by molar-refractivity contribution is -0.146. The normalized spacial score (nSPS) is 13.9. The van der Waals surface area contributed by atoms with Crippen molar-refractivity contribution in [3.63, 3.8) is 0 Å². The minimum Gasteiger partial charge on any atom is -0.496 e. The summed E-state index contributed by atoms with van der Waals surface area (Å²) in [5.74, 6) is -0.689. The molecule has 1 N–H and O–H groups in total. The van der Waals surface area contributed by atoms with E-state index in [-0.39, 0.29) is 5.82 Å². The van der Waals surface area contributed by atoms with E-state index in [1.54, 1.807) is 25.3 Å². The van der Waals surface area contributed by atoms with Gasteiger partial charge in [0.2, 0.25) is 0 Å². The van der Waals surface area contributed by atoms with Crippen LogP contribution in [0.15, 0.2) is 48.5 Å². The zero-order valence-electron chi connectivity index (χ0n) is 15.9. The number of piperazine rings is 1. The second-order valence-electron chi connectivity index (χ2n) is 6.55. The van der Waals surface area contributed by atoms with E-state index in [1.165, 1.54) is 11.0 Å². The highest BCUT2D eigenvalue weighted by molar-refractivity contribution is 6.35. The van der Waals surface area contributed by atoms with Crippen molar-refractivity contribution in [1.82, 2.24) is 10.2 Å². The van der Waals surface area contributed by atoms with E-state index in [1.807, 2.05) is 29.2 Å². The Balaban J connectivity index is 1.47. The highest BCUT2D eigenvalue weighted by Gasteiger charge is 2.26. The van der Waals surface area contributed by atoms with Gasteiger partial charge >= 0.3 is 11.8 Å². The second-order valence-corrected chi connectivity index (χ2v) is 6.55. The minimum atomic E-state index is -0.616. The zero-order chi connectivity index (χ0) is 19.9. The minimum absolute atomic E-state index is 0.281. The van der Waals surface area contributed by atoms with Crippen LogP contribution in [0.3, 0.4) is 0 Å². The maximum absolute atomic E-state index is 13.9. The SMILES string of the molecule is COc1ccccc1CCNC(=O)C(=O)N1CCN(c2ccccc2F)CC1. The van der Waals surface area contributed by atoms with E-state index < -0.39 is 11.8 Å². The Labute approximate surface area is 163 Å². The molecule has 6 nitrogen and oxygen atoms in total. The van der Waals surface area contributed by atoms with Gasteiger partial charge in [-0.1, -0.05) is 30.3 Å². The molecular weight excluding hydrogens is 361 g/mol. The van der Waals surface area contributed by atoms with Gasteiger partial charge in [-0.25, -0.2) is 4.39 Å². The fourth-order valence-electron chi connectivity index (χ4n) is 3.30. The van der Waals surface area contributed by atoms with Gasteiger partial charge < -0.3 is 19.9 Å². The van der Waals surface area contributed by atoms with Crippen molar-refractivity contribution in [1.29, 1.82) is 0 Å². The van der Waals surface area contributed by atoms with Gasteiger partial charge in [0.15, 0.2) is 0 Å². The molecule has 28 heavy (non-hydrogen) atoms. The van der Waals surface area contributed by atoms with E-state index >= 15 is 0 Å². The molecule has 1 fully saturated rings. The predicted octanol–water partition coefficient (Wildman–Crippen LogP) is 1.84. The number of hydrogen-bond acceptors (Lipinski definition) is 4. The van der Waals surface area contributed by atoms with Crippen molar-refractivity contribution in [3.8, 4) is 5.75 Å². The summed E-state index contributed by atoms with van der Waals surface area (Å²) in [6.45, 7) is 2.09.